The highest BCUT2D eigenvalue weighted by molar-refractivity contribution is 6.30. The van der Waals surface area contributed by atoms with Gasteiger partial charge < -0.3 is 10.2 Å². The molecule has 6 nitrogen and oxygen atoms in total. The molecule has 0 bridgehead atoms. The lowest BCUT2D eigenvalue weighted by atomic mass is 9.97. The molecule has 0 radical (unpaired) electrons. The summed E-state index contributed by atoms with van der Waals surface area (Å²) in [7, 11) is 0. The third-order valence-electron chi connectivity index (χ3n) is 6.40. The van der Waals surface area contributed by atoms with Crippen LogP contribution in [0.3, 0.4) is 0 Å². The summed E-state index contributed by atoms with van der Waals surface area (Å²) in [6.07, 6.45) is 9.97. The fourth-order valence-electron chi connectivity index (χ4n) is 4.68. The Kier molecular flexibility index (Phi) is 6.86. The minimum Gasteiger partial charge on any atom is -0.332 e. The molecule has 1 aromatic carbocycles. The average Bonchev–Trinajstić information content (AvgIpc) is 3.28. The van der Waals surface area contributed by atoms with E-state index >= 15 is 0 Å². The number of hydrogen-bond donors (Lipinski definition) is 1. The first kappa shape index (κ1) is 21.8. The van der Waals surface area contributed by atoms with Gasteiger partial charge in [0.15, 0.2) is 5.82 Å². The number of carbonyl (C=O) groups is 2. The molecule has 1 aliphatic carbocycles. The number of carbonyl (C=O) groups excluding carboxylic acids is 2. The standard InChI is InChI=1S/C24H29ClN4O2/c1-16-20(24(31)28-19-11-9-18(25)10-12-19)15-26-23(27-16)21-8-4-5-13-29(21)22(30)14-17-6-2-3-7-17/h9-12,15,17,21H,2-8,13-14H2,1H3,(H,28,31). The van der Waals surface area contributed by atoms with Crippen LogP contribution in [0.4, 0.5) is 5.69 Å². The lowest BCUT2D eigenvalue weighted by Crippen LogP contribution is -2.40. The monoisotopic (exact) mass is 440 g/mol. The number of anilines is 1. The minimum absolute atomic E-state index is 0.102. The van der Waals surface area contributed by atoms with Gasteiger partial charge in [-0.3, -0.25) is 9.59 Å². The molecule has 7 heteroatoms. The number of halogens is 1. The summed E-state index contributed by atoms with van der Waals surface area (Å²) in [4.78, 5) is 36.9. The number of amides is 2. The Morgan fingerprint density at radius 2 is 1.81 bits per heavy atom. The van der Waals surface area contributed by atoms with Crippen LogP contribution >= 0.6 is 11.6 Å². The largest absolute Gasteiger partial charge is 0.332 e. The third kappa shape index (κ3) is 5.24. The first-order valence-electron chi connectivity index (χ1n) is 11.2. The van der Waals surface area contributed by atoms with Crippen molar-refractivity contribution in [1.29, 1.82) is 0 Å². The molecule has 1 atom stereocenters. The number of hydrogen-bond acceptors (Lipinski definition) is 4. The zero-order chi connectivity index (χ0) is 21.8. The van der Waals surface area contributed by atoms with E-state index < -0.39 is 0 Å². The molecule has 2 heterocycles. The summed E-state index contributed by atoms with van der Waals surface area (Å²) >= 11 is 5.90. The average molecular weight is 441 g/mol. The lowest BCUT2D eigenvalue weighted by molar-refractivity contribution is -0.136. The molecule has 164 valence electrons. The molecule has 1 aromatic heterocycles. The van der Waals surface area contributed by atoms with E-state index in [0.29, 0.717) is 40.1 Å². The van der Waals surface area contributed by atoms with Crippen molar-refractivity contribution in [2.45, 2.75) is 64.3 Å². The van der Waals surface area contributed by atoms with Gasteiger partial charge in [-0.2, -0.15) is 0 Å². The predicted molar refractivity (Wildman–Crippen MR) is 121 cm³/mol. The van der Waals surface area contributed by atoms with Gasteiger partial charge in [0.1, 0.15) is 0 Å². The normalized spacial score (nSPS) is 19.4. The Labute approximate surface area is 188 Å². The summed E-state index contributed by atoms with van der Waals surface area (Å²) in [5.41, 5.74) is 1.71. The van der Waals surface area contributed by atoms with E-state index in [1.807, 2.05) is 11.8 Å². The predicted octanol–water partition coefficient (Wildman–Crippen LogP) is 5.32. The van der Waals surface area contributed by atoms with Crippen LogP contribution in [-0.4, -0.2) is 33.2 Å². The zero-order valence-corrected chi connectivity index (χ0v) is 18.7. The van der Waals surface area contributed by atoms with Crippen molar-refractivity contribution < 1.29 is 9.59 Å². The molecular formula is C24H29ClN4O2. The van der Waals surface area contributed by atoms with Gasteiger partial charge in [0.05, 0.1) is 17.3 Å². The molecule has 2 fully saturated rings. The number of nitrogens with zero attached hydrogens (tertiary/aromatic N) is 3. The second-order valence-corrected chi connectivity index (χ2v) is 9.08. The molecule has 31 heavy (non-hydrogen) atoms. The summed E-state index contributed by atoms with van der Waals surface area (Å²) < 4.78 is 0. The maximum Gasteiger partial charge on any atom is 0.259 e. The summed E-state index contributed by atoms with van der Waals surface area (Å²) in [6.45, 7) is 2.58. The van der Waals surface area contributed by atoms with Crippen LogP contribution in [0.2, 0.25) is 5.02 Å². The van der Waals surface area contributed by atoms with E-state index in [0.717, 1.165) is 38.6 Å². The first-order valence-corrected chi connectivity index (χ1v) is 11.6. The Morgan fingerprint density at radius 3 is 2.52 bits per heavy atom. The second kappa shape index (κ2) is 9.77. The molecule has 1 saturated heterocycles. The van der Waals surface area contributed by atoms with Gasteiger partial charge in [0.25, 0.3) is 5.91 Å². The quantitative estimate of drug-likeness (QED) is 0.682. The van der Waals surface area contributed by atoms with Crippen molar-refractivity contribution in [3.8, 4) is 0 Å². The highest BCUT2D eigenvalue weighted by atomic mass is 35.5. The van der Waals surface area contributed by atoms with Crippen molar-refractivity contribution in [3.05, 3.63) is 52.6 Å². The van der Waals surface area contributed by atoms with Gasteiger partial charge in [-0.1, -0.05) is 24.4 Å². The van der Waals surface area contributed by atoms with Crippen LogP contribution in [0.5, 0.6) is 0 Å². The van der Waals surface area contributed by atoms with E-state index in [1.165, 1.54) is 12.8 Å². The van der Waals surface area contributed by atoms with Crippen molar-refractivity contribution in [2.75, 3.05) is 11.9 Å². The van der Waals surface area contributed by atoms with Gasteiger partial charge in [0.2, 0.25) is 5.91 Å². The minimum atomic E-state index is -0.260. The van der Waals surface area contributed by atoms with Gasteiger partial charge in [-0.25, -0.2) is 9.97 Å². The highest BCUT2D eigenvalue weighted by Gasteiger charge is 2.32. The van der Waals surface area contributed by atoms with Crippen molar-refractivity contribution >= 4 is 29.1 Å². The van der Waals surface area contributed by atoms with Crippen LogP contribution in [0.15, 0.2) is 30.5 Å². The Bertz CT molecular complexity index is 941. The zero-order valence-electron chi connectivity index (χ0n) is 17.9. The maximum atomic E-state index is 13.0. The topological polar surface area (TPSA) is 75.2 Å². The van der Waals surface area contributed by atoms with E-state index in [4.69, 9.17) is 11.6 Å². The summed E-state index contributed by atoms with van der Waals surface area (Å²) in [5, 5.41) is 3.46. The third-order valence-corrected chi connectivity index (χ3v) is 6.66. The Balaban J connectivity index is 1.47. The Morgan fingerprint density at radius 1 is 1.10 bits per heavy atom. The first-order chi connectivity index (χ1) is 15.0. The van der Waals surface area contributed by atoms with Crippen molar-refractivity contribution in [1.82, 2.24) is 14.9 Å². The number of rotatable bonds is 5. The second-order valence-electron chi connectivity index (χ2n) is 8.64. The summed E-state index contributed by atoms with van der Waals surface area (Å²) in [5.74, 6) is 1.13. The maximum absolute atomic E-state index is 13.0. The molecule has 4 rings (SSSR count). The molecule has 2 amide bonds. The number of nitrogens with one attached hydrogen (secondary N) is 1. The van der Waals surface area contributed by atoms with Crippen LogP contribution in [0.25, 0.3) is 0 Å². The molecule has 2 aliphatic rings. The number of piperidine rings is 1. The van der Waals surface area contributed by atoms with Crippen LogP contribution in [-0.2, 0) is 4.79 Å². The number of likely N-dealkylation sites (tertiary alicyclic amines) is 1. The van der Waals surface area contributed by atoms with Crippen LogP contribution < -0.4 is 5.32 Å². The molecule has 1 saturated carbocycles. The molecule has 0 spiro atoms. The van der Waals surface area contributed by atoms with Crippen molar-refractivity contribution in [3.63, 3.8) is 0 Å². The lowest BCUT2D eigenvalue weighted by Gasteiger charge is -2.35. The summed E-state index contributed by atoms with van der Waals surface area (Å²) in [6, 6.07) is 6.85. The van der Waals surface area contributed by atoms with E-state index in [9.17, 15) is 9.59 Å². The smallest absolute Gasteiger partial charge is 0.259 e. The number of benzene rings is 1. The van der Waals surface area contributed by atoms with Gasteiger partial charge >= 0.3 is 0 Å². The molecule has 1 unspecified atom stereocenters. The Hall–Kier alpha value is -2.47. The number of aryl methyl sites for hydroxylation is 1. The molecule has 1 aliphatic heterocycles. The SMILES string of the molecule is Cc1nc(C2CCCCN2C(=O)CC2CCCC2)ncc1C(=O)Nc1ccc(Cl)cc1. The molecular weight excluding hydrogens is 412 g/mol. The van der Waals surface area contributed by atoms with E-state index in [2.05, 4.69) is 15.3 Å². The van der Waals surface area contributed by atoms with E-state index in [-0.39, 0.29) is 17.9 Å². The van der Waals surface area contributed by atoms with E-state index in [1.54, 1.807) is 30.5 Å². The van der Waals surface area contributed by atoms with Gasteiger partial charge in [-0.15, -0.1) is 0 Å². The highest BCUT2D eigenvalue weighted by Crippen LogP contribution is 2.33. The molecule has 2 aromatic rings. The number of aromatic nitrogens is 2. The van der Waals surface area contributed by atoms with Crippen LogP contribution in [0, 0.1) is 12.8 Å². The van der Waals surface area contributed by atoms with Crippen LogP contribution in [0.1, 0.15) is 79.3 Å². The molecule has 1 N–H and O–H groups in total. The fourth-order valence-corrected chi connectivity index (χ4v) is 4.80. The van der Waals surface area contributed by atoms with Crippen molar-refractivity contribution in [2.24, 2.45) is 5.92 Å². The van der Waals surface area contributed by atoms with Gasteiger partial charge in [0, 0.05) is 29.9 Å². The fraction of sp³-hybridized carbons (Fsp3) is 0.500. The van der Waals surface area contributed by atoms with Gasteiger partial charge in [-0.05, 0) is 69.2 Å².